The molecule has 0 unspecified atom stereocenters. The van der Waals surface area contributed by atoms with E-state index in [4.69, 9.17) is 5.11 Å². The summed E-state index contributed by atoms with van der Waals surface area (Å²) in [4.78, 5) is 35.3. The van der Waals surface area contributed by atoms with Gasteiger partial charge in [0, 0.05) is 12.6 Å². The standard InChI is InChI=1S/C11H13N3O4/c15-9-5-4-7(12-13-9)10(16)14-6-2-1-3-8(14)11(17)18/h4-5,8H,1-3,6H2,(H,13,15)(H,17,18)/t8-/m1/s1. The highest BCUT2D eigenvalue weighted by atomic mass is 16.4. The normalized spacial score (nSPS) is 19.6. The number of hydrogen-bond donors (Lipinski definition) is 2. The Hall–Kier alpha value is -2.18. The molecule has 7 heteroatoms. The molecule has 18 heavy (non-hydrogen) atoms. The highest BCUT2D eigenvalue weighted by Gasteiger charge is 2.32. The minimum Gasteiger partial charge on any atom is -0.480 e. The van der Waals surface area contributed by atoms with E-state index < -0.39 is 23.5 Å². The van der Waals surface area contributed by atoms with Gasteiger partial charge in [0.2, 0.25) is 0 Å². The first-order chi connectivity index (χ1) is 8.59. The minimum absolute atomic E-state index is 0.0581. The summed E-state index contributed by atoms with van der Waals surface area (Å²) in [5.74, 6) is -1.47. The molecule has 2 N–H and O–H groups in total. The molecule has 0 bridgehead atoms. The third-order valence-electron chi connectivity index (χ3n) is 2.95. The Bertz CT molecular complexity index is 505. The summed E-state index contributed by atoms with van der Waals surface area (Å²) in [6.07, 6.45) is 2.02. The molecule has 1 aromatic heterocycles. The van der Waals surface area contributed by atoms with Crippen LogP contribution in [0.15, 0.2) is 16.9 Å². The molecular weight excluding hydrogens is 238 g/mol. The number of piperidine rings is 1. The van der Waals surface area contributed by atoms with E-state index in [9.17, 15) is 14.4 Å². The summed E-state index contributed by atoms with van der Waals surface area (Å²) in [5, 5.41) is 14.9. The van der Waals surface area contributed by atoms with E-state index in [1.165, 1.54) is 17.0 Å². The van der Waals surface area contributed by atoms with E-state index in [1.807, 2.05) is 0 Å². The zero-order valence-corrected chi connectivity index (χ0v) is 9.63. The molecular formula is C11H13N3O4. The number of aromatic amines is 1. The minimum atomic E-state index is -1.01. The number of carboxylic acid groups (broad SMARTS) is 1. The maximum absolute atomic E-state index is 12.1. The van der Waals surface area contributed by atoms with E-state index in [0.29, 0.717) is 13.0 Å². The number of H-pyrrole nitrogens is 1. The molecule has 0 saturated carbocycles. The molecule has 2 rings (SSSR count). The molecule has 1 aliphatic heterocycles. The topological polar surface area (TPSA) is 103 Å². The average Bonchev–Trinajstić information content (AvgIpc) is 2.39. The van der Waals surface area contributed by atoms with Crippen LogP contribution >= 0.6 is 0 Å². The number of carbonyl (C=O) groups excluding carboxylic acids is 1. The van der Waals surface area contributed by atoms with Crippen LogP contribution in [0, 0.1) is 0 Å². The number of aliphatic carboxylic acids is 1. The molecule has 0 radical (unpaired) electrons. The number of nitrogens with zero attached hydrogens (tertiary/aromatic N) is 2. The fourth-order valence-corrected chi connectivity index (χ4v) is 2.04. The largest absolute Gasteiger partial charge is 0.480 e. The smallest absolute Gasteiger partial charge is 0.326 e. The van der Waals surface area contributed by atoms with E-state index in [-0.39, 0.29) is 5.69 Å². The van der Waals surface area contributed by atoms with Gasteiger partial charge in [0.1, 0.15) is 11.7 Å². The predicted octanol–water partition coefficient (Wildman–Crippen LogP) is -0.151. The monoisotopic (exact) mass is 251 g/mol. The molecule has 1 saturated heterocycles. The zero-order chi connectivity index (χ0) is 13.1. The van der Waals surface area contributed by atoms with Crippen LogP contribution in [0.2, 0.25) is 0 Å². The second-order valence-corrected chi connectivity index (χ2v) is 4.15. The van der Waals surface area contributed by atoms with E-state index in [1.54, 1.807) is 0 Å². The quantitative estimate of drug-likeness (QED) is 0.760. The number of carbonyl (C=O) groups is 2. The first kappa shape index (κ1) is 12.3. The van der Waals surface area contributed by atoms with E-state index in [0.717, 1.165) is 12.8 Å². The lowest BCUT2D eigenvalue weighted by Crippen LogP contribution is -2.48. The first-order valence-electron chi connectivity index (χ1n) is 5.69. The Morgan fingerprint density at radius 2 is 2.17 bits per heavy atom. The van der Waals surface area contributed by atoms with Gasteiger partial charge in [0.05, 0.1) is 0 Å². The van der Waals surface area contributed by atoms with Crippen LogP contribution in [0.5, 0.6) is 0 Å². The summed E-state index contributed by atoms with van der Waals surface area (Å²) >= 11 is 0. The Kier molecular flexibility index (Phi) is 3.40. The Morgan fingerprint density at radius 3 is 2.78 bits per heavy atom. The molecule has 1 atom stereocenters. The van der Waals surface area contributed by atoms with Crippen LogP contribution in [0.1, 0.15) is 29.8 Å². The van der Waals surface area contributed by atoms with Gasteiger partial charge < -0.3 is 10.0 Å². The highest BCUT2D eigenvalue weighted by Crippen LogP contribution is 2.18. The van der Waals surface area contributed by atoms with Gasteiger partial charge in [0.15, 0.2) is 0 Å². The average molecular weight is 251 g/mol. The predicted molar refractivity (Wildman–Crippen MR) is 61.2 cm³/mol. The van der Waals surface area contributed by atoms with Crippen molar-refractivity contribution >= 4 is 11.9 Å². The number of rotatable bonds is 2. The van der Waals surface area contributed by atoms with Gasteiger partial charge in [-0.25, -0.2) is 9.89 Å². The van der Waals surface area contributed by atoms with Crippen molar-refractivity contribution in [3.8, 4) is 0 Å². The van der Waals surface area contributed by atoms with Crippen molar-refractivity contribution in [2.24, 2.45) is 0 Å². The lowest BCUT2D eigenvalue weighted by Gasteiger charge is -2.32. The Balaban J connectivity index is 2.23. The van der Waals surface area contributed by atoms with Gasteiger partial charge in [-0.1, -0.05) is 0 Å². The number of amides is 1. The van der Waals surface area contributed by atoms with Crippen molar-refractivity contribution in [1.82, 2.24) is 15.1 Å². The van der Waals surface area contributed by atoms with E-state index >= 15 is 0 Å². The second-order valence-electron chi connectivity index (χ2n) is 4.15. The summed E-state index contributed by atoms with van der Waals surface area (Å²) in [7, 11) is 0. The van der Waals surface area contributed by atoms with Crippen LogP contribution in [-0.4, -0.2) is 44.7 Å². The Labute approximate surface area is 102 Å². The van der Waals surface area contributed by atoms with Crippen molar-refractivity contribution in [2.75, 3.05) is 6.54 Å². The van der Waals surface area contributed by atoms with Crippen molar-refractivity contribution in [3.05, 3.63) is 28.2 Å². The van der Waals surface area contributed by atoms with Gasteiger partial charge in [-0.15, -0.1) is 0 Å². The third kappa shape index (κ3) is 2.39. The Morgan fingerprint density at radius 1 is 1.39 bits per heavy atom. The molecule has 7 nitrogen and oxygen atoms in total. The van der Waals surface area contributed by atoms with Gasteiger partial charge in [0.25, 0.3) is 11.5 Å². The maximum Gasteiger partial charge on any atom is 0.326 e. The highest BCUT2D eigenvalue weighted by molar-refractivity contribution is 5.94. The number of likely N-dealkylation sites (tertiary alicyclic amines) is 1. The van der Waals surface area contributed by atoms with Crippen LogP contribution in [0.4, 0.5) is 0 Å². The van der Waals surface area contributed by atoms with Crippen LogP contribution < -0.4 is 5.56 Å². The molecule has 1 fully saturated rings. The van der Waals surface area contributed by atoms with Crippen molar-refractivity contribution in [3.63, 3.8) is 0 Å². The van der Waals surface area contributed by atoms with Crippen molar-refractivity contribution in [1.29, 1.82) is 0 Å². The zero-order valence-electron chi connectivity index (χ0n) is 9.63. The van der Waals surface area contributed by atoms with Gasteiger partial charge in [-0.2, -0.15) is 5.10 Å². The second kappa shape index (κ2) is 4.99. The van der Waals surface area contributed by atoms with Crippen LogP contribution in [0.3, 0.4) is 0 Å². The molecule has 1 aliphatic rings. The SMILES string of the molecule is O=C(O)[C@H]1CCCCN1C(=O)c1ccc(=O)[nH]n1. The molecule has 2 heterocycles. The fraction of sp³-hybridized carbons (Fsp3) is 0.455. The summed E-state index contributed by atoms with van der Waals surface area (Å²) in [6, 6.07) is 1.69. The van der Waals surface area contributed by atoms with Crippen molar-refractivity contribution < 1.29 is 14.7 Å². The molecule has 0 aliphatic carbocycles. The van der Waals surface area contributed by atoms with Gasteiger partial charge in [-0.3, -0.25) is 9.59 Å². The summed E-state index contributed by atoms with van der Waals surface area (Å²) in [6.45, 7) is 0.399. The maximum atomic E-state index is 12.1. The number of nitrogens with one attached hydrogen (secondary N) is 1. The number of aromatic nitrogens is 2. The first-order valence-corrected chi connectivity index (χ1v) is 5.69. The van der Waals surface area contributed by atoms with Crippen LogP contribution in [-0.2, 0) is 4.79 Å². The molecule has 0 spiro atoms. The van der Waals surface area contributed by atoms with Crippen LogP contribution in [0.25, 0.3) is 0 Å². The molecule has 0 aromatic carbocycles. The number of hydrogen-bond acceptors (Lipinski definition) is 4. The third-order valence-corrected chi connectivity index (χ3v) is 2.95. The fourth-order valence-electron chi connectivity index (χ4n) is 2.04. The van der Waals surface area contributed by atoms with Crippen molar-refractivity contribution in [2.45, 2.75) is 25.3 Å². The number of carboxylic acids is 1. The van der Waals surface area contributed by atoms with Gasteiger partial charge in [-0.05, 0) is 25.3 Å². The van der Waals surface area contributed by atoms with Gasteiger partial charge >= 0.3 is 5.97 Å². The lowest BCUT2D eigenvalue weighted by molar-refractivity contribution is -0.143. The molecule has 1 amide bonds. The summed E-state index contributed by atoms with van der Waals surface area (Å²) < 4.78 is 0. The molecule has 96 valence electrons. The summed E-state index contributed by atoms with van der Waals surface area (Å²) in [5.41, 5.74) is -0.345. The molecule has 1 aromatic rings. The lowest BCUT2D eigenvalue weighted by atomic mass is 10.0. The van der Waals surface area contributed by atoms with E-state index in [2.05, 4.69) is 10.2 Å².